The molecule has 1 aliphatic heterocycles. The molecule has 276 valence electrons. The molecule has 2 N–H and O–H groups in total. The number of ether oxygens (including phenoxy) is 2. The molecule has 1 amide bonds. The van der Waals surface area contributed by atoms with Crippen molar-refractivity contribution in [3.63, 3.8) is 0 Å². The van der Waals surface area contributed by atoms with Crippen molar-refractivity contribution in [3.05, 3.63) is 166 Å². The molecule has 53 heavy (non-hydrogen) atoms. The van der Waals surface area contributed by atoms with E-state index in [1.165, 1.54) is 5.56 Å². The third-order valence-corrected chi connectivity index (χ3v) is 9.87. The standard InChI is InChI=1S/C42H39F5N2O4/c1-24-33(22-49(3)25(2)28-9-5-4-6-10-28)52-42(53-40(24)30-14-12-26(23-50)13-15-30)31-18-16-29(17-19-31)32-11-7-8-27(20-32)21-48-41(51)34-35(43)37(45)39(47)38(46)36(34)44/h4-20,24-25,33,40,42,50H,21-23H2,1-3H3,(H,48,51). The molecule has 0 radical (unpaired) electrons. The van der Waals surface area contributed by atoms with Gasteiger partial charge >= 0.3 is 0 Å². The van der Waals surface area contributed by atoms with Crippen LogP contribution in [-0.2, 0) is 22.6 Å². The lowest BCUT2D eigenvalue weighted by molar-refractivity contribution is -0.276. The maximum Gasteiger partial charge on any atom is 0.257 e. The summed E-state index contributed by atoms with van der Waals surface area (Å²) in [5, 5.41) is 11.8. The van der Waals surface area contributed by atoms with Crippen molar-refractivity contribution < 1.29 is 41.3 Å². The third-order valence-electron chi connectivity index (χ3n) is 9.87. The number of hydrogen-bond acceptors (Lipinski definition) is 5. The maximum atomic E-state index is 14.1. The van der Waals surface area contributed by atoms with Gasteiger partial charge in [0.1, 0.15) is 5.56 Å². The summed E-state index contributed by atoms with van der Waals surface area (Å²) in [7, 11) is 2.08. The highest BCUT2D eigenvalue weighted by atomic mass is 19.2. The highest BCUT2D eigenvalue weighted by Gasteiger charge is 2.39. The van der Waals surface area contributed by atoms with Gasteiger partial charge in [0.25, 0.3) is 5.91 Å². The molecule has 11 heteroatoms. The molecule has 5 atom stereocenters. The first-order valence-corrected chi connectivity index (χ1v) is 17.2. The summed E-state index contributed by atoms with van der Waals surface area (Å²) in [4.78, 5) is 14.7. The molecule has 1 saturated heterocycles. The van der Waals surface area contributed by atoms with Crippen molar-refractivity contribution in [1.82, 2.24) is 10.2 Å². The van der Waals surface area contributed by atoms with Gasteiger partial charge in [0.2, 0.25) is 5.82 Å². The van der Waals surface area contributed by atoms with Crippen LogP contribution >= 0.6 is 0 Å². The largest absolute Gasteiger partial charge is 0.392 e. The van der Waals surface area contributed by atoms with Gasteiger partial charge < -0.3 is 19.9 Å². The predicted molar refractivity (Wildman–Crippen MR) is 190 cm³/mol. The molecule has 1 fully saturated rings. The number of aliphatic hydroxyl groups is 1. The van der Waals surface area contributed by atoms with Crippen LogP contribution in [0.15, 0.2) is 103 Å². The van der Waals surface area contributed by atoms with Crippen LogP contribution < -0.4 is 5.32 Å². The van der Waals surface area contributed by atoms with E-state index < -0.39 is 46.8 Å². The number of nitrogens with one attached hydrogen (secondary N) is 1. The molecule has 0 aliphatic carbocycles. The van der Waals surface area contributed by atoms with Crippen LogP contribution in [0.3, 0.4) is 0 Å². The summed E-state index contributed by atoms with van der Waals surface area (Å²) in [6.45, 7) is 4.64. The van der Waals surface area contributed by atoms with Crippen molar-refractivity contribution in [2.24, 2.45) is 5.92 Å². The molecule has 1 heterocycles. The maximum absolute atomic E-state index is 14.1. The number of hydrogen-bond donors (Lipinski definition) is 2. The van der Waals surface area contributed by atoms with Crippen LogP contribution in [0.25, 0.3) is 11.1 Å². The molecule has 6 nitrogen and oxygen atoms in total. The lowest BCUT2D eigenvalue weighted by Crippen LogP contribution is -2.44. The van der Waals surface area contributed by atoms with Crippen LogP contribution in [0.1, 0.15) is 70.5 Å². The number of aliphatic hydroxyl groups excluding tert-OH is 1. The third kappa shape index (κ3) is 8.18. The number of carbonyl (C=O) groups excluding carboxylic acids is 1. The molecule has 0 spiro atoms. The summed E-state index contributed by atoms with van der Waals surface area (Å²) in [5.41, 5.74) is 4.35. The zero-order valence-corrected chi connectivity index (χ0v) is 29.3. The van der Waals surface area contributed by atoms with E-state index in [0.29, 0.717) is 12.1 Å². The number of likely N-dealkylation sites (N-methyl/N-ethyl adjacent to an activating group) is 1. The van der Waals surface area contributed by atoms with Gasteiger partial charge in [-0.3, -0.25) is 9.69 Å². The van der Waals surface area contributed by atoms with Gasteiger partial charge in [0, 0.05) is 30.6 Å². The Morgan fingerprint density at radius 1 is 0.755 bits per heavy atom. The molecule has 6 rings (SSSR count). The average Bonchev–Trinajstić information content (AvgIpc) is 3.19. The number of carbonyl (C=O) groups is 1. The summed E-state index contributed by atoms with van der Waals surface area (Å²) in [6.07, 6.45) is -1.16. The Morgan fingerprint density at radius 2 is 1.38 bits per heavy atom. The Kier molecular flexibility index (Phi) is 11.7. The highest BCUT2D eigenvalue weighted by Crippen LogP contribution is 2.42. The first-order chi connectivity index (χ1) is 25.5. The first-order valence-electron chi connectivity index (χ1n) is 17.2. The topological polar surface area (TPSA) is 71.0 Å². The minimum absolute atomic E-state index is 0.00626. The van der Waals surface area contributed by atoms with Gasteiger partial charge in [-0.05, 0) is 53.4 Å². The summed E-state index contributed by atoms with van der Waals surface area (Å²) >= 11 is 0. The fourth-order valence-corrected chi connectivity index (χ4v) is 6.52. The number of amides is 1. The number of benzene rings is 5. The molecular weight excluding hydrogens is 691 g/mol. The predicted octanol–water partition coefficient (Wildman–Crippen LogP) is 8.96. The molecule has 0 aromatic heterocycles. The molecule has 0 saturated carbocycles. The smallest absolute Gasteiger partial charge is 0.257 e. The molecule has 5 aromatic rings. The van der Waals surface area contributed by atoms with Gasteiger partial charge in [-0.25, -0.2) is 22.0 Å². The van der Waals surface area contributed by atoms with Crippen molar-refractivity contribution in [2.45, 2.75) is 51.5 Å². The number of rotatable bonds is 11. The van der Waals surface area contributed by atoms with Crippen LogP contribution in [0.5, 0.6) is 0 Å². The van der Waals surface area contributed by atoms with E-state index in [1.807, 2.05) is 72.8 Å². The normalized spacial score (nSPS) is 19.3. The lowest BCUT2D eigenvalue weighted by Gasteiger charge is -2.43. The number of nitrogens with zero attached hydrogens (tertiary/aromatic N) is 1. The second-order valence-corrected chi connectivity index (χ2v) is 13.3. The van der Waals surface area contributed by atoms with Crippen LogP contribution in [-0.4, -0.2) is 35.6 Å². The SMILES string of the molecule is CC1C(CN(C)C(C)c2ccccc2)OC(c2ccc(-c3cccc(CNC(=O)c4c(F)c(F)c(F)c(F)c4F)c3)cc2)OC1c1ccc(CO)cc1. The minimum atomic E-state index is -2.33. The second kappa shape index (κ2) is 16.4. The van der Waals surface area contributed by atoms with E-state index in [4.69, 9.17) is 9.47 Å². The summed E-state index contributed by atoms with van der Waals surface area (Å²) in [6, 6.07) is 32.7. The van der Waals surface area contributed by atoms with Crippen molar-refractivity contribution in [2.75, 3.05) is 13.6 Å². The van der Waals surface area contributed by atoms with Crippen molar-refractivity contribution in [1.29, 1.82) is 0 Å². The Balaban J connectivity index is 1.19. The Hall–Kier alpha value is -4.94. The minimum Gasteiger partial charge on any atom is -0.392 e. The average molecular weight is 731 g/mol. The van der Waals surface area contributed by atoms with Crippen LogP contribution in [0.4, 0.5) is 22.0 Å². The quantitative estimate of drug-likeness (QED) is 0.0807. The van der Waals surface area contributed by atoms with Gasteiger partial charge in [-0.2, -0.15) is 0 Å². The fraction of sp³-hybridized carbons (Fsp3) is 0.262. The monoisotopic (exact) mass is 730 g/mol. The van der Waals surface area contributed by atoms with E-state index in [9.17, 15) is 31.9 Å². The molecule has 5 unspecified atom stereocenters. The molecule has 0 bridgehead atoms. The van der Waals surface area contributed by atoms with Gasteiger partial charge in [0.15, 0.2) is 29.6 Å². The second-order valence-electron chi connectivity index (χ2n) is 13.3. The lowest BCUT2D eigenvalue weighted by atomic mass is 9.89. The number of halogens is 5. The van der Waals surface area contributed by atoms with Crippen molar-refractivity contribution in [3.8, 4) is 11.1 Å². The molecule has 1 aliphatic rings. The van der Waals surface area contributed by atoms with Crippen LogP contribution in [0, 0.1) is 35.0 Å². The van der Waals surface area contributed by atoms with Crippen molar-refractivity contribution >= 4 is 5.91 Å². The molecule has 5 aromatic carbocycles. The van der Waals surface area contributed by atoms with Crippen LogP contribution in [0.2, 0.25) is 0 Å². The van der Waals surface area contributed by atoms with Gasteiger partial charge in [-0.1, -0.05) is 104 Å². The molecular formula is C42H39F5N2O4. The summed E-state index contributed by atoms with van der Waals surface area (Å²) < 4.78 is 82.3. The Bertz CT molecular complexity index is 2020. The van der Waals surface area contributed by atoms with E-state index in [-0.39, 0.29) is 37.3 Å². The van der Waals surface area contributed by atoms with Gasteiger partial charge in [-0.15, -0.1) is 0 Å². The highest BCUT2D eigenvalue weighted by molar-refractivity contribution is 5.94. The first kappa shape index (κ1) is 37.8. The Morgan fingerprint density at radius 3 is 2.02 bits per heavy atom. The summed E-state index contributed by atoms with van der Waals surface area (Å²) in [5.74, 6) is -12.5. The van der Waals surface area contributed by atoms with E-state index in [2.05, 4.69) is 43.2 Å². The van der Waals surface area contributed by atoms with Gasteiger partial charge in [0.05, 0.1) is 18.8 Å². The van der Waals surface area contributed by atoms with E-state index >= 15 is 0 Å². The van der Waals surface area contributed by atoms with E-state index in [0.717, 1.165) is 27.8 Å². The van der Waals surface area contributed by atoms with E-state index in [1.54, 1.807) is 18.2 Å². The zero-order chi connectivity index (χ0) is 37.8. The Labute approximate surface area is 304 Å². The fourth-order valence-electron chi connectivity index (χ4n) is 6.52. The zero-order valence-electron chi connectivity index (χ0n) is 29.3.